The van der Waals surface area contributed by atoms with Crippen LogP contribution >= 0.6 is 0 Å². The molecule has 1 aliphatic rings. The van der Waals surface area contributed by atoms with E-state index >= 15 is 0 Å². The summed E-state index contributed by atoms with van der Waals surface area (Å²) in [6.45, 7) is 0.368. The highest BCUT2D eigenvalue weighted by atomic mass is 16.2. The van der Waals surface area contributed by atoms with E-state index in [1.165, 1.54) is 0 Å². The van der Waals surface area contributed by atoms with Crippen molar-refractivity contribution in [1.82, 2.24) is 0 Å². The van der Waals surface area contributed by atoms with Gasteiger partial charge >= 0.3 is 0 Å². The molecule has 1 unspecified atom stereocenters. The third kappa shape index (κ3) is 1.85. The molecular formula is C16H13N3O. The van der Waals surface area contributed by atoms with Crippen molar-refractivity contribution < 1.29 is 4.79 Å². The number of para-hydroxylation sites is 1. The molecule has 2 aromatic carbocycles. The number of benzene rings is 2. The Bertz CT molecular complexity index is 718. The maximum Gasteiger partial charge on any atom is 0.248 e. The van der Waals surface area contributed by atoms with Crippen molar-refractivity contribution in [1.29, 1.82) is 5.26 Å². The molecule has 0 spiro atoms. The highest BCUT2D eigenvalue weighted by molar-refractivity contribution is 6.04. The predicted octanol–water partition coefficient (Wildman–Crippen LogP) is 2.10. The summed E-state index contributed by atoms with van der Waals surface area (Å²) in [4.78, 5) is 13.9. The molecule has 1 amide bonds. The van der Waals surface area contributed by atoms with Crippen LogP contribution in [0.3, 0.4) is 0 Å². The summed E-state index contributed by atoms with van der Waals surface area (Å²) >= 11 is 0. The van der Waals surface area contributed by atoms with Gasteiger partial charge in [-0.05, 0) is 17.7 Å². The highest BCUT2D eigenvalue weighted by Crippen LogP contribution is 2.35. The SMILES string of the molecule is N#Cc1ccccc1CN1C(=O)C(N)c2ccccc21. The van der Waals surface area contributed by atoms with E-state index in [0.29, 0.717) is 12.1 Å². The van der Waals surface area contributed by atoms with Crippen LogP contribution in [0.2, 0.25) is 0 Å². The van der Waals surface area contributed by atoms with Gasteiger partial charge < -0.3 is 10.6 Å². The molecule has 98 valence electrons. The number of nitriles is 1. The van der Waals surface area contributed by atoms with Gasteiger partial charge in [0.1, 0.15) is 6.04 Å². The average Bonchev–Trinajstić information content (AvgIpc) is 2.73. The third-order valence-electron chi connectivity index (χ3n) is 3.56. The van der Waals surface area contributed by atoms with Crippen LogP contribution in [-0.4, -0.2) is 5.91 Å². The van der Waals surface area contributed by atoms with Crippen LogP contribution in [0.15, 0.2) is 48.5 Å². The Morgan fingerprint density at radius 2 is 1.85 bits per heavy atom. The van der Waals surface area contributed by atoms with E-state index in [2.05, 4.69) is 6.07 Å². The van der Waals surface area contributed by atoms with E-state index in [1.54, 1.807) is 11.0 Å². The van der Waals surface area contributed by atoms with Crippen LogP contribution in [0.1, 0.15) is 22.7 Å². The fraction of sp³-hybridized carbons (Fsp3) is 0.125. The number of carbonyl (C=O) groups is 1. The molecule has 0 bridgehead atoms. The minimum Gasteiger partial charge on any atom is -0.316 e. The number of amides is 1. The monoisotopic (exact) mass is 263 g/mol. The van der Waals surface area contributed by atoms with Gasteiger partial charge in [-0.3, -0.25) is 4.79 Å². The molecular weight excluding hydrogens is 250 g/mol. The second-order valence-electron chi connectivity index (χ2n) is 4.73. The van der Waals surface area contributed by atoms with Crippen LogP contribution < -0.4 is 10.6 Å². The minimum atomic E-state index is -0.611. The summed E-state index contributed by atoms with van der Waals surface area (Å²) in [5.74, 6) is -0.126. The zero-order valence-corrected chi connectivity index (χ0v) is 10.8. The van der Waals surface area contributed by atoms with Gasteiger partial charge in [-0.25, -0.2) is 0 Å². The number of hydrogen-bond acceptors (Lipinski definition) is 3. The van der Waals surface area contributed by atoms with Gasteiger partial charge in [-0.15, -0.1) is 0 Å². The molecule has 20 heavy (non-hydrogen) atoms. The molecule has 1 atom stereocenters. The molecule has 4 heteroatoms. The lowest BCUT2D eigenvalue weighted by Gasteiger charge is -2.18. The lowest BCUT2D eigenvalue weighted by atomic mass is 10.1. The van der Waals surface area contributed by atoms with Crippen LogP contribution in [0.25, 0.3) is 0 Å². The molecule has 0 aromatic heterocycles. The summed E-state index contributed by atoms with van der Waals surface area (Å²) in [6, 6.07) is 16.3. The minimum absolute atomic E-state index is 0.126. The first-order valence-electron chi connectivity index (χ1n) is 6.36. The maximum absolute atomic E-state index is 12.3. The average molecular weight is 263 g/mol. The van der Waals surface area contributed by atoms with Crippen LogP contribution in [-0.2, 0) is 11.3 Å². The summed E-state index contributed by atoms with van der Waals surface area (Å²) < 4.78 is 0. The summed E-state index contributed by atoms with van der Waals surface area (Å²) in [7, 11) is 0. The standard InChI is InChI=1S/C16H13N3O/c17-9-11-5-1-2-6-12(11)10-19-14-8-4-3-7-13(14)15(18)16(19)20/h1-8,15H,10,18H2. The molecule has 2 N–H and O–H groups in total. The third-order valence-corrected chi connectivity index (χ3v) is 3.56. The van der Waals surface area contributed by atoms with Gasteiger partial charge in [0, 0.05) is 11.3 Å². The number of nitrogens with zero attached hydrogens (tertiary/aromatic N) is 2. The number of nitrogens with two attached hydrogens (primary N) is 1. The van der Waals surface area contributed by atoms with Gasteiger partial charge in [0.05, 0.1) is 18.2 Å². The fourth-order valence-corrected chi connectivity index (χ4v) is 2.52. The van der Waals surface area contributed by atoms with E-state index in [1.807, 2.05) is 42.5 Å². The van der Waals surface area contributed by atoms with Crippen LogP contribution in [0.5, 0.6) is 0 Å². The Hall–Kier alpha value is -2.64. The first kappa shape index (κ1) is 12.4. The summed E-state index contributed by atoms with van der Waals surface area (Å²) in [6.07, 6.45) is 0. The zero-order chi connectivity index (χ0) is 14.1. The van der Waals surface area contributed by atoms with Crippen LogP contribution in [0, 0.1) is 11.3 Å². The largest absolute Gasteiger partial charge is 0.316 e. The Labute approximate surface area is 117 Å². The first-order valence-corrected chi connectivity index (χ1v) is 6.36. The van der Waals surface area contributed by atoms with Crippen molar-refractivity contribution in [3.05, 3.63) is 65.2 Å². The number of fused-ring (bicyclic) bond motifs is 1. The topological polar surface area (TPSA) is 70.1 Å². The Balaban J connectivity index is 2.00. The number of hydrogen-bond donors (Lipinski definition) is 1. The number of rotatable bonds is 2. The first-order chi connectivity index (χ1) is 9.72. The molecule has 0 saturated heterocycles. The number of carbonyl (C=O) groups excluding carboxylic acids is 1. The van der Waals surface area contributed by atoms with Gasteiger partial charge in [0.25, 0.3) is 0 Å². The zero-order valence-electron chi connectivity index (χ0n) is 10.8. The molecule has 4 nitrogen and oxygen atoms in total. The van der Waals surface area contributed by atoms with Crippen molar-refractivity contribution in [2.24, 2.45) is 5.73 Å². The summed E-state index contributed by atoms with van der Waals surface area (Å²) in [5.41, 5.74) is 9.03. The lowest BCUT2D eigenvalue weighted by Crippen LogP contribution is -2.31. The molecule has 0 aliphatic carbocycles. The van der Waals surface area contributed by atoms with E-state index in [9.17, 15) is 4.79 Å². The Kier molecular flexibility index (Phi) is 2.97. The molecule has 0 fully saturated rings. The summed E-state index contributed by atoms with van der Waals surface area (Å²) in [5, 5.41) is 9.13. The Morgan fingerprint density at radius 3 is 2.65 bits per heavy atom. The smallest absolute Gasteiger partial charge is 0.248 e. The molecule has 3 rings (SSSR count). The van der Waals surface area contributed by atoms with Crippen molar-refractivity contribution >= 4 is 11.6 Å². The van der Waals surface area contributed by atoms with Crippen LogP contribution in [0.4, 0.5) is 5.69 Å². The van der Waals surface area contributed by atoms with Crippen molar-refractivity contribution in [3.63, 3.8) is 0 Å². The predicted molar refractivity (Wildman–Crippen MR) is 75.7 cm³/mol. The van der Waals surface area contributed by atoms with Gasteiger partial charge in [-0.2, -0.15) is 5.26 Å². The lowest BCUT2D eigenvalue weighted by molar-refractivity contribution is -0.119. The van der Waals surface area contributed by atoms with Crippen molar-refractivity contribution in [2.75, 3.05) is 4.90 Å². The second kappa shape index (κ2) is 4.80. The molecule has 0 saturated carbocycles. The van der Waals surface area contributed by atoms with E-state index in [-0.39, 0.29) is 5.91 Å². The quantitative estimate of drug-likeness (QED) is 0.902. The molecule has 2 aromatic rings. The van der Waals surface area contributed by atoms with Gasteiger partial charge in [0.15, 0.2) is 0 Å². The van der Waals surface area contributed by atoms with Gasteiger partial charge in [-0.1, -0.05) is 36.4 Å². The highest BCUT2D eigenvalue weighted by Gasteiger charge is 2.34. The molecule has 1 aliphatic heterocycles. The van der Waals surface area contributed by atoms with E-state index in [0.717, 1.165) is 16.8 Å². The second-order valence-corrected chi connectivity index (χ2v) is 4.73. The van der Waals surface area contributed by atoms with Gasteiger partial charge in [0.2, 0.25) is 5.91 Å². The maximum atomic E-state index is 12.3. The van der Waals surface area contributed by atoms with Crippen molar-refractivity contribution in [3.8, 4) is 6.07 Å². The van der Waals surface area contributed by atoms with E-state index in [4.69, 9.17) is 11.0 Å². The molecule has 1 heterocycles. The molecule has 0 radical (unpaired) electrons. The van der Waals surface area contributed by atoms with E-state index < -0.39 is 6.04 Å². The van der Waals surface area contributed by atoms with Crippen molar-refractivity contribution in [2.45, 2.75) is 12.6 Å². The fourth-order valence-electron chi connectivity index (χ4n) is 2.52. The number of anilines is 1. The normalized spacial score (nSPS) is 16.9. The Morgan fingerprint density at radius 1 is 1.15 bits per heavy atom.